The highest BCUT2D eigenvalue weighted by Crippen LogP contribution is 2.32. The third-order valence-electron chi connectivity index (χ3n) is 3.28. The first-order valence-electron chi connectivity index (χ1n) is 6.79. The van der Waals surface area contributed by atoms with Gasteiger partial charge in [0, 0.05) is 12.5 Å². The number of hydrogen-bond donors (Lipinski definition) is 1. The van der Waals surface area contributed by atoms with E-state index in [1.54, 1.807) is 25.3 Å². The van der Waals surface area contributed by atoms with Crippen molar-refractivity contribution >= 4 is 5.91 Å². The summed E-state index contributed by atoms with van der Waals surface area (Å²) >= 11 is 0. The molecule has 0 spiro atoms. The molecule has 22 heavy (non-hydrogen) atoms. The summed E-state index contributed by atoms with van der Waals surface area (Å²) in [6.07, 6.45) is 0. The van der Waals surface area contributed by atoms with Crippen LogP contribution >= 0.6 is 0 Å². The van der Waals surface area contributed by atoms with Gasteiger partial charge in [-0.3, -0.25) is 4.79 Å². The molecule has 0 aliphatic carbocycles. The highest BCUT2D eigenvalue weighted by Gasteiger charge is 2.20. The fourth-order valence-electron chi connectivity index (χ4n) is 2.30. The molecule has 2 aromatic carbocycles. The molecule has 0 radical (unpaired) electrons. The van der Waals surface area contributed by atoms with Crippen molar-refractivity contribution < 1.29 is 18.7 Å². The van der Waals surface area contributed by atoms with E-state index in [1.165, 1.54) is 26.2 Å². The normalized spacial score (nSPS) is 11.6. The van der Waals surface area contributed by atoms with Crippen LogP contribution in [0.4, 0.5) is 4.39 Å². The zero-order valence-electron chi connectivity index (χ0n) is 12.7. The minimum atomic E-state index is -0.529. The number of halogens is 1. The minimum Gasteiger partial charge on any atom is -0.497 e. The molecule has 2 rings (SSSR count). The monoisotopic (exact) mass is 303 g/mol. The fourth-order valence-corrected chi connectivity index (χ4v) is 2.30. The zero-order valence-corrected chi connectivity index (χ0v) is 12.7. The molecular formula is C17H18FNO3. The van der Waals surface area contributed by atoms with Crippen molar-refractivity contribution in [1.82, 2.24) is 5.32 Å². The van der Waals surface area contributed by atoms with Crippen LogP contribution < -0.4 is 14.8 Å². The lowest BCUT2D eigenvalue weighted by molar-refractivity contribution is -0.119. The Morgan fingerprint density at radius 3 is 2.55 bits per heavy atom. The van der Waals surface area contributed by atoms with Crippen LogP contribution in [0.3, 0.4) is 0 Å². The highest BCUT2D eigenvalue weighted by atomic mass is 19.1. The Morgan fingerprint density at radius 1 is 1.14 bits per heavy atom. The SMILES string of the molecule is COc1cccc(C(NC(C)=O)c2cc(F)ccc2OC)c1. The standard InChI is InChI=1S/C17H18FNO3/c1-11(20)19-17(12-5-4-6-14(9-12)21-2)15-10-13(18)7-8-16(15)22-3/h4-10,17H,1-3H3,(H,19,20). The van der Waals surface area contributed by atoms with Gasteiger partial charge in [-0.2, -0.15) is 0 Å². The largest absolute Gasteiger partial charge is 0.497 e. The van der Waals surface area contributed by atoms with Gasteiger partial charge in [0.1, 0.15) is 17.3 Å². The lowest BCUT2D eigenvalue weighted by atomic mass is 9.97. The first kappa shape index (κ1) is 15.8. The van der Waals surface area contributed by atoms with Crippen LogP contribution in [-0.4, -0.2) is 20.1 Å². The van der Waals surface area contributed by atoms with E-state index in [0.717, 1.165) is 5.56 Å². The fraction of sp³-hybridized carbons (Fsp3) is 0.235. The number of benzene rings is 2. The van der Waals surface area contributed by atoms with Crippen molar-refractivity contribution in [3.8, 4) is 11.5 Å². The molecule has 0 fully saturated rings. The lowest BCUT2D eigenvalue weighted by Crippen LogP contribution is -2.27. The van der Waals surface area contributed by atoms with Crippen molar-refractivity contribution in [3.05, 3.63) is 59.4 Å². The number of methoxy groups -OCH3 is 2. The van der Waals surface area contributed by atoms with Gasteiger partial charge in [0.25, 0.3) is 0 Å². The van der Waals surface area contributed by atoms with Gasteiger partial charge in [-0.25, -0.2) is 4.39 Å². The Kier molecular flexibility index (Phi) is 4.99. The topological polar surface area (TPSA) is 47.6 Å². The molecule has 0 saturated heterocycles. The molecular weight excluding hydrogens is 285 g/mol. The van der Waals surface area contributed by atoms with Crippen LogP contribution in [0.1, 0.15) is 24.1 Å². The number of rotatable bonds is 5. The molecule has 0 aliphatic rings. The van der Waals surface area contributed by atoms with Crippen LogP contribution in [0.15, 0.2) is 42.5 Å². The Labute approximate surface area is 128 Å². The van der Waals surface area contributed by atoms with E-state index in [1.807, 2.05) is 12.1 Å². The molecule has 4 nitrogen and oxygen atoms in total. The van der Waals surface area contributed by atoms with Crippen molar-refractivity contribution in [2.24, 2.45) is 0 Å². The maximum Gasteiger partial charge on any atom is 0.217 e. The number of carbonyl (C=O) groups excluding carboxylic acids is 1. The number of hydrogen-bond acceptors (Lipinski definition) is 3. The summed E-state index contributed by atoms with van der Waals surface area (Å²) in [5, 5.41) is 2.82. The molecule has 1 unspecified atom stereocenters. The van der Waals surface area contributed by atoms with Crippen LogP contribution in [-0.2, 0) is 4.79 Å². The molecule has 0 heterocycles. The predicted molar refractivity (Wildman–Crippen MR) is 81.6 cm³/mol. The van der Waals surface area contributed by atoms with E-state index in [2.05, 4.69) is 5.32 Å². The van der Waals surface area contributed by atoms with E-state index >= 15 is 0 Å². The molecule has 0 saturated carbocycles. The third kappa shape index (κ3) is 3.55. The minimum absolute atomic E-state index is 0.223. The maximum atomic E-state index is 13.6. The van der Waals surface area contributed by atoms with E-state index in [9.17, 15) is 9.18 Å². The molecule has 1 atom stereocenters. The second-order valence-electron chi connectivity index (χ2n) is 4.80. The molecule has 1 N–H and O–H groups in total. The van der Waals surface area contributed by atoms with Crippen LogP contribution in [0, 0.1) is 5.82 Å². The van der Waals surface area contributed by atoms with E-state index < -0.39 is 11.9 Å². The number of ether oxygens (including phenoxy) is 2. The third-order valence-corrected chi connectivity index (χ3v) is 3.28. The van der Waals surface area contributed by atoms with Gasteiger partial charge in [0.05, 0.1) is 20.3 Å². The maximum absolute atomic E-state index is 13.6. The Bertz CT molecular complexity index is 673. The van der Waals surface area contributed by atoms with Crippen molar-refractivity contribution in [3.63, 3.8) is 0 Å². The number of amides is 1. The van der Waals surface area contributed by atoms with E-state index in [4.69, 9.17) is 9.47 Å². The van der Waals surface area contributed by atoms with Gasteiger partial charge in [0.2, 0.25) is 5.91 Å². The molecule has 2 aromatic rings. The molecule has 116 valence electrons. The van der Waals surface area contributed by atoms with E-state index in [-0.39, 0.29) is 5.91 Å². The van der Waals surface area contributed by atoms with Crippen LogP contribution in [0.5, 0.6) is 11.5 Å². The smallest absolute Gasteiger partial charge is 0.217 e. The summed E-state index contributed by atoms with van der Waals surface area (Å²) in [6.45, 7) is 1.42. The Balaban J connectivity index is 2.54. The summed E-state index contributed by atoms with van der Waals surface area (Å²) in [5.74, 6) is 0.541. The predicted octanol–water partition coefficient (Wildman–Crippen LogP) is 3.07. The Morgan fingerprint density at radius 2 is 1.91 bits per heavy atom. The second-order valence-corrected chi connectivity index (χ2v) is 4.80. The van der Waals surface area contributed by atoms with Gasteiger partial charge in [-0.15, -0.1) is 0 Å². The van der Waals surface area contributed by atoms with Crippen molar-refractivity contribution in [1.29, 1.82) is 0 Å². The molecule has 0 bridgehead atoms. The Hall–Kier alpha value is -2.56. The van der Waals surface area contributed by atoms with Crippen LogP contribution in [0.2, 0.25) is 0 Å². The first-order valence-corrected chi connectivity index (χ1v) is 6.79. The average molecular weight is 303 g/mol. The average Bonchev–Trinajstić information content (AvgIpc) is 2.52. The van der Waals surface area contributed by atoms with Gasteiger partial charge < -0.3 is 14.8 Å². The van der Waals surface area contributed by atoms with Crippen LogP contribution in [0.25, 0.3) is 0 Å². The van der Waals surface area contributed by atoms with Crippen molar-refractivity contribution in [2.75, 3.05) is 14.2 Å². The highest BCUT2D eigenvalue weighted by molar-refractivity contribution is 5.74. The summed E-state index contributed by atoms with van der Waals surface area (Å²) < 4.78 is 24.1. The lowest BCUT2D eigenvalue weighted by Gasteiger charge is -2.21. The zero-order chi connectivity index (χ0) is 16.1. The summed E-state index contributed by atoms with van der Waals surface area (Å²) in [7, 11) is 3.07. The quantitative estimate of drug-likeness (QED) is 0.923. The number of carbonyl (C=O) groups is 1. The van der Waals surface area contributed by atoms with Gasteiger partial charge in [-0.05, 0) is 35.9 Å². The molecule has 0 aliphatic heterocycles. The van der Waals surface area contributed by atoms with Gasteiger partial charge in [-0.1, -0.05) is 12.1 Å². The van der Waals surface area contributed by atoms with Gasteiger partial charge in [0.15, 0.2) is 0 Å². The summed E-state index contributed by atoms with van der Waals surface area (Å²) in [5.41, 5.74) is 1.32. The van der Waals surface area contributed by atoms with E-state index in [0.29, 0.717) is 17.1 Å². The summed E-state index contributed by atoms with van der Waals surface area (Å²) in [6, 6.07) is 10.9. The number of nitrogens with one attached hydrogen (secondary N) is 1. The molecule has 5 heteroatoms. The van der Waals surface area contributed by atoms with Gasteiger partial charge >= 0.3 is 0 Å². The summed E-state index contributed by atoms with van der Waals surface area (Å²) in [4.78, 5) is 11.6. The second kappa shape index (κ2) is 6.93. The van der Waals surface area contributed by atoms with Crippen molar-refractivity contribution in [2.45, 2.75) is 13.0 Å². The first-order chi connectivity index (χ1) is 10.5. The molecule has 0 aromatic heterocycles. The molecule has 1 amide bonds.